The molecule has 8 rings (SSSR count). The average Bonchev–Trinajstić information content (AvgIpc) is 3.87. The molecule has 2 saturated heterocycles. The molecule has 22 heteroatoms. The average molecular weight is 956 g/mol. The van der Waals surface area contributed by atoms with E-state index in [1.165, 1.54) is 79.4 Å². The highest BCUT2D eigenvalue weighted by Crippen LogP contribution is 2.39. The van der Waals surface area contributed by atoms with Gasteiger partial charge in [0.1, 0.15) is 16.5 Å². The van der Waals surface area contributed by atoms with Crippen molar-refractivity contribution in [1.29, 1.82) is 0 Å². The number of nitrogens with zero attached hydrogens (tertiary/aromatic N) is 8. The molecule has 6 heterocycles. The van der Waals surface area contributed by atoms with Crippen LogP contribution in [0.3, 0.4) is 0 Å². The van der Waals surface area contributed by atoms with E-state index < -0.39 is 54.3 Å². The van der Waals surface area contributed by atoms with Crippen LogP contribution in [0.5, 0.6) is 0 Å². The molecule has 2 aliphatic heterocycles. The summed E-state index contributed by atoms with van der Waals surface area (Å²) in [6.07, 6.45) is 8.34. The zero-order valence-electron chi connectivity index (χ0n) is 34.8. The summed E-state index contributed by atoms with van der Waals surface area (Å²) in [6.45, 7) is 3.50. The smallest absolute Gasteiger partial charge is 0.262 e. The molecule has 0 aliphatic carbocycles. The minimum atomic E-state index is -3.86. The number of hydrogen-bond acceptors (Lipinski definition) is 10. The molecule has 0 spiro atoms. The van der Waals surface area contributed by atoms with E-state index >= 15 is 0 Å². The lowest BCUT2D eigenvalue weighted by atomic mass is 9.77. The quantitative estimate of drug-likeness (QED) is 0.176. The number of pyridine rings is 2. The third-order valence-corrected chi connectivity index (χ3v) is 15.0. The van der Waals surface area contributed by atoms with Crippen molar-refractivity contribution in [2.75, 3.05) is 39.3 Å². The lowest BCUT2D eigenvalue weighted by Gasteiger charge is -2.48. The highest BCUT2D eigenvalue weighted by atomic mass is 35.5. The SMILES string of the molecule is Cc1ccc(C(=O)NCC2(c3ncccc3F)CN(S(=O)(=O)c3cn(C)cn3)C2)c(Cl)c1.Cc1ccc(C(=O)NCC2(c3ncccc3F)CN(S(=O)(=O)c3cnn(C)c3)C2)c(Cl)c1. The summed E-state index contributed by atoms with van der Waals surface area (Å²) in [6, 6.07) is 15.5. The van der Waals surface area contributed by atoms with Crippen LogP contribution in [-0.4, -0.2) is 106 Å². The molecule has 0 unspecified atom stereocenters. The molecule has 16 nitrogen and oxygen atoms in total. The Morgan fingerprint density at radius 2 is 1.17 bits per heavy atom. The van der Waals surface area contributed by atoms with Crippen LogP contribution < -0.4 is 10.6 Å². The summed E-state index contributed by atoms with van der Waals surface area (Å²) < 4.78 is 86.3. The first kappa shape index (κ1) is 46.4. The summed E-state index contributed by atoms with van der Waals surface area (Å²) >= 11 is 12.4. The predicted molar refractivity (Wildman–Crippen MR) is 233 cm³/mol. The number of halogens is 4. The van der Waals surface area contributed by atoms with E-state index in [1.807, 2.05) is 13.8 Å². The maximum absolute atomic E-state index is 14.6. The highest BCUT2D eigenvalue weighted by molar-refractivity contribution is 7.89. The van der Waals surface area contributed by atoms with Gasteiger partial charge in [0.15, 0.2) is 5.03 Å². The molecule has 4 aromatic heterocycles. The Morgan fingerprint density at radius 1 is 0.703 bits per heavy atom. The third-order valence-electron chi connectivity index (χ3n) is 11.0. The summed E-state index contributed by atoms with van der Waals surface area (Å²) in [5.41, 5.74) is 0.546. The zero-order valence-corrected chi connectivity index (χ0v) is 38.0. The highest BCUT2D eigenvalue weighted by Gasteiger charge is 2.53. The number of rotatable bonds is 12. The molecule has 336 valence electrons. The van der Waals surface area contributed by atoms with Crippen molar-refractivity contribution in [2.24, 2.45) is 14.1 Å². The van der Waals surface area contributed by atoms with Gasteiger partial charge in [0, 0.05) is 78.2 Å². The Labute approximate surface area is 378 Å². The van der Waals surface area contributed by atoms with Crippen LogP contribution in [0, 0.1) is 25.5 Å². The van der Waals surface area contributed by atoms with Gasteiger partial charge < -0.3 is 15.2 Å². The number of imidazole rings is 1. The standard InChI is InChI=1S/2C21H21ClFN5O3S/c1-14-5-6-16(17(22)8-14)20(29)25-11-21(19-18(23)4-3-7-24-19)12-28(13-21)32(30,31)15-9-26-27(2)10-15;1-14-5-6-15(16(22)8-14)20(29)25-10-21(19-17(23)4-3-7-24-19)11-28(12-21)32(30,31)18-9-27(2)13-26-18/h3-10H,11-13H2,1-2H3,(H,25,29);3-9,13H,10-12H2,1-2H3,(H,25,29). The first-order valence-corrected chi connectivity index (χ1v) is 23.2. The van der Waals surface area contributed by atoms with Gasteiger partial charge in [-0.2, -0.15) is 13.7 Å². The number of carbonyl (C=O) groups is 2. The minimum Gasteiger partial charge on any atom is -0.351 e. The normalized spacial score (nSPS) is 15.9. The van der Waals surface area contributed by atoms with Gasteiger partial charge in [-0.25, -0.2) is 30.6 Å². The number of sulfonamides is 2. The molecular formula is C42H42Cl2F2N10O6S2. The van der Waals surface area contributed by atoms with E-state index in [0.717, 1.165) is 11.1 Å². The Balaban J connectivity index is 0.000000191. The fourth-order valence-corrected chi connectivity index (χ4v) is 11.3. The summed E-state index contributed by atoms with van der Waals surface area (Å²) in [5, 5.41) is 9.97. The van der Waals surface area contributed by atoms with E-state index in [4.69, 9.17) is 23.2 Å². The van der Waals surface area contributed by atoms with Crippen LogP contribution in [0.2, 0.25) is 10.0 Å². The molecule has 0 atom stereocenters. The van der Waals surface area contributed by atoms with Crippen LogP contribution in [0.15, 0.2) is 108 Å². The zero-order chi connectivity index (χ0) is 46.2. The molecule has 2 N–H and O–H groups in total. The van der Waals surface area contributed by atoms with Gasteiger partial charge in [-0.15, -0.1) is 0 Å². The van der Waals surface area contributed by atoms with Gasteiger partial charge in [-0.1, -0.05) is 35.3 Å². The van der Waals surface area contributed by atoms with Gasteiger partial charge in [-0.05, 0) is 73.5 Å². The summed E-state index contributed by atoms with van der Waals surface area (Å²) in [7, 11) is -4.38. The molecule has 2 aliphatic rings. The molecule has 64 heavy (non-hydrogen) atoms. The number of aromatic nitrogens is 6. The fraction of sp³-hybridized carbons (Fsp3) is 0.286. The molecule has 2 fully saturated rings. The fourth-order valence-electron chi connectivity index (χ4n) is 7.47. The largest absolute Gasteiger partial charge is 0.351 e. The molecule has 0 bridgehead atoms. The van der Waals surface area contributed by atoms with Gasteiger partial charge in [0.25, 0.3) is 21.8 Å². The van der Waals surface area contributed by atoms with Crippen molar-refractivity contribution in [2.45, 2.75) is 34.6 Å². The van der Waals surface area contributed by atoms with Crippen molar-refractivity contribution in [3.8, 4) is 0 Å². The Bertz CT molecular complexity index is 2780. The third kappa shape index (κ3) is 9.29. The number of hydrogen-bond donors (Lipinski definition) is 2. The van der Waals surface area contributed by atoms with Crippen molar-refractivity contribution >= 4 is 55.1 Å². The number of benzene rings is 2. The minimum absolute atomic E-state index is 0.0109. The first-order chi connectivity index (χ1) is 30.2. The van der Waals surface area contributed by atoms with Gasteiger partial charge in [0.05, 0.1) is 55.9 Å². The first-order valence-electron chi connectivity index (χ1n) is 19.5. The molecule has 0 radical (unpaired) electrons. The molecule has 2 aromatic carbocycles. The van der Waals surface area contributed by atoms with E-state index in [-0.39, 0.29) is 71.7 Å². The van der Waals surface area contributed by atoms with Crippen LogP contribution >= 0.6 is 23.2 Å². The molecule has 6 aromatic rings. The van der Waals surface area contributed by atoms with Crippen LogP contribution in [0.25, 0.3) is 0 Å². The van der Waals surface area contributed by atoms with E-state index in [1.54, 1.807) is 50.5 Å². The van der Waals surface area contributed by atoms with Crippen LogP contribution in [0.1, 0.15) is 43.2 Å². The monoisotopic (exact) mass is 954 g/mol. The molecule has 2 amide bonds. The van der Waals surface area contributed by atoms with E-state index in [2.05, 4.69) is 30.7 Å². The second-order valence-corrected chi connectivity index (χ2v) is 20.5. The van der Waals surface area contributed by atoms with Crippen molar-refractivity contribution in [3.63, 3.8) is 0 Å². The number of nitrogens with one attached hydrogen (secondary N) is 2. The van der Waals surface area contributed by atoms with Gasteiger partial charge in [0.2, 0.25) is 10.0 Å². The number of amides is 2. The topological polar surface area (TPSA) is 194 Å². The maximum Gasteiger partial charge on any atom is 0.262 e. The Kier molecular flexibility index (Phi) is 13.1. The van der Waals surface area contributed by atoms with Gasteiger partial charge >= 0.3 is 0 Å². The van der Waals surface area contributed by atoms with E-state index in [9.17, 15) is 35.2 Å². The molecule has 0 saturated carbocycles. The second-order valence-electron chi connectivity index (χ2n) is 15.8. The Morgan fingerprint density at radius 3 is 1.56 bits per heavy atom. The summed E-state index contributed by atoms with van der Waals surface area (Å²) in [5.74, 6) is -1.99. The van der Waals surface area contributed by atoms with Crippen molar-refractivity contribution in [3.05, 3.63) is 153 Å². The lowest BCUT2D eigenvalue weighted by molar-refractivity contribution is 0.0887. The second kappa shape index (κ2) is 18.1. The number of aryl methyl sites for hydroxylation is 4. The van der Waals surface area contributed by atoms with Crippen molar-refractivity contribution in [1.82, 2.24) is 48.5 Å². The summed E-state index contributed by atoms with van der Waals surface area (Å²) in [4.78, 5) is 37.7. The lowest BCUT2D eigenvalue weighted by Crippen LogP contribution is -2.65. The van der Waals surface area contributed by atoms with Gasteiger partial charge in [-0.3, -0.25) is 24.2 Å². The Hall–Kier alpha value is -5.64. The molecular weight excluding hydrogens is 914 g/mol. The van der Waals surface area contributed by atoms with E-state index in [0.29, 0.717) is 10.0 Å². The van der Waals surface area contributed by atoms with Crippen LogP contribution in [-0.2, 0) is 45.0 Å². The maximum atomic E-state index is 14.6. The van der Waals surface area contributed by atoms with Crippen molar-refractivity contribution < 1.29 is 35.2 Å². The number of carbonyl (C=O) groups excluding carboxylic acids is 2. The predicted octanol–water partition coefficient (Wildman–Crippen LogP) is 4.58. The van der Waals surface area contributed by atoms with Crippen LogP contribution in [0.4, 0.5) is 8.78 Å².